The lowest BCUT2D eigenvalue weighted by Crippen LogP contribution is -2.55. The van der Waals surface area contributed by atoms with Crippen LogP contribution in [0.4, 0.5) is 0 Å². The SMILES string of the molecule is CC1CCC(CNC2(CO)CCC2)CC1. The molecule has 15 heavy (non-hydrogen) atoms. The summed E-state index contributed by atoms with van der Waals surface area (Å²) in [4.78, 5) is 0. The Labute approximate surface area is 93.5 Å². The molecule has 0 spiro atoms. The van der Waals surface area contributed by atoms with Gasteiger partial charge in [-0.3, -0.25) is 0 Å². The Balaban J connectivity index is 1.69. The monoisotopic (exact) mass is 211 g/mol. The Morgan fingerprint density at radius 1 is 1.20 bits per heavy atom. The van der Waals surface area contributed by atoms with Crippen LogP contribution in [0.5, 0.6) is 0 Å². The van der Waals surface area contributed by atoms with Crippen molar-refractivity contribution in [3.8, 4) is 0 Å². The van der Waals surface area contributed by atoms with Crippen LogP contribution < -0.4 is 5.32 Å². The third-order valence-corrected chi connectivity index (χ3v) is 4.51. The average molecular weight is 211 g/mol. The molecule has 88 valence electrons. The molecule has 2 N–H and O–H groups in total. The van der Waals surface area contributed by atoms with E-state index in [1.54, 1.807) is 0 Å². The standard InChI is InChI=1S/C13H25NO/c1-11-3-5-12(6-4-11)9-14-13(10-15)7-2-8-13/h11-12,14-15H,2-10H2,1H3. The second-order valence-corrected chi connectivity index (χ2v) is 5.80. The first kappa shape index (κ1) is 11.4. The van der Waals surface area contributed by atoms with E-state index < -0.39 is 0 Å². The van der Waals surface area contributed by atoms with E-state index in [1.807, 2.05) is 0 Å². The zero-order valence-corrected chi connectivity index (χ0v) is 9.97. The highest BCUT2D eigenvalue weighted by atomic mass is 16.3. The Bertz CT molecular complexity index is 187. The summed E-state index contributed by atoms with van der Waals surface area (Å²) in [7, 11) is 0. The van der Waals surface area contributed by atoms with Crippen LogP contribution in [0, 0.1) is 11.8 Å². The molecule has 0 bridgehead atoms. The lowest BCUT2D eigenvalue weighted by Gasteiger charge is -2.42. The first-order valence-electron chi connectivity index (χ1n) is 6.60. The molecule has 0 aromatic heterocycles. The van der Waals surface area contributed by atoms with E-state index >= 15 is 0 Å². The van der Waals surface area contributed by atoms with Crippen molar-refractivity contribution in [3.05, 3.63) is 0 Å². The summed E-state index contributed by atoms with van der Waals surface area (Å²) in [6, 6.07) is 0. The quantitative estimate of drug-likeness (QED) is 0.748. The molecule has 2 aliphatic carbocycles. The molecular formula is C13H25NO. The highest BCUT2D eigenvalue weighted by Crippen LogP contribution is 2.33. The van der Waals surface area contributed by atoms with Gasteiger partial charge >= 0.3 is 0 Å². The fourth-order valence-corrected chi connectivity index (χ4v) is 2.89. The molecule has 0 atom stereocenters. The van der Waals surface area contributed by atoms with Crippen LogP contribution in [0.3, 0.4) is 0 Å². The Kier molecular flexibility index (Phi) is 3.68. The summed E-state index contributed by atoms with van der Waals surface area (Å²) in [5.74, 6) is 1.81. The molecule has 0 radical (unpaired) electrons. The summed E-state index contributed by atoms with van der Waals surface area (Å²) in [5.41, 5.74) is 0.114. The fraction of sp³-hybridized carbons (Fsp3) is 1.00. The minimum Gasteiger partial charge on any atom is -0.394 e. The Morgan fingerprint density at radius 3 is 2.33 bits per heavy atom. The molecule has 2 saturated carbocycles. The Morgan fingerprint density at radius 2 is 1.87 bits per heavy atom. The van der Waals surface area contributed by atoms with Gasteiger partial charge in [0.2, 0.25) is 0 Å². The third-order valence-electron chi connectivity index (χ3n) is 4.51. The molecule has 2 rings (SSSR count). The van der Waals surface area contributed by atoms with Gasteiger partial charge in [0.25, 0.3) is 0 Å². The molecule has 0 saturated heterocycles. The number of aliphatic hydroxyl groups excluding tert-OH is 1. The first-order chi connectivity index (χ1) is 7.24. The number of rotatable bonds is 4. The molecule has 0 aromatic rings. The third kappa shape index (κ3) is 2.73. The number of hydrogen-bond donors (Lipinski definition) is 2. The predicted octanol–water partition coefficient (Wildman–Crippen LogP) is 2.32. The molecule has 2 nitrogen and oxygen atoms in total. The number of nitrogens with one attached hydrogen (secondary N) is 1. The van der Waals surface area contributed by atoms with Gasteiger partial charge in [-0.25, -0.2) is 0 Å². The zero-order valence-electron chi connectivity index (χ0n) is 9.97. The number of hydrogen-bond acceptors (Lipinski definition) is 2. The number of aliphatic hydroxyl groups is 1. The maximum absolute atomic E-state index is 9.35. The topological polar surface area (TPSA) is 32.3 Å². The van der Waals surface area contributed by atoms with Crippen molar-refractivity contribution in [2.75, 3.05) is 13.2 Å². The van der Waals surface area contributed by atoms with Gasteiger partial charge in [0.1, 0.15) is 0 Å². The molecule has 0 aliphatic heterocycles. The summed E-state index contributed by atoms with van der Waals surface area (Å²) in [5, 5.41) is 13.0. The smallest absolute Gasteiger partial charge is 0.0613 e. The van der Waals surface area contributed by atoms with Crippen molar-refractivity contribution in [3.63, 3.8) is 0 Å². The van der Waals surface area contributed by atoms with Crippen LogP contribution in [0.2, 0.25) is 0 Å². The molecule has 2 fully saturated rings. The van der Waals surface area contributed by atoms with Gasteiger partial charge in [-0.05, 0) is 50.5 Å². The van der Waals surface area contributed by atoms with Crippen molar-refractivity contribution in [2.24, 2.45) is 11.8 Å². The van der Waals surface area contributed by atoms with Crippen molar-refractivity contribution in [2.45, 2.75) is 57.4 Å². The van der Waals surface area contributed by atoms with Crippen LogP contribution in [0.25, 0.3) is 0 Å². The van der Waals surface area contributed by atoms with Crippen molar-refractivity contribution >= 4 is 0 Å². The first-order valence-corrected chi connectivity index (χ1v) is 6.60. The van der Waals surface area contributed by atoms with Gasteiger partial charge < -0.3 is 10.4 Å². The van der Waals surface area contributed by atoms with Gasteiger partial charge in [0, 0.05) is 5.54 Å². The molecule has 2 heteroatoms. The van der Waals surface area contributed by atoms with Gasteiger partial charge in [-0.1, -0.05) is 19.8 Å². The van der Waals surface area contributed by atoms with Crippen molar-refractivity contribution < 1.29 is 5.11 Å². The second kappa shape index (κ2) is 4.84. The van der Waals surface area contributed by atoms with Crippen LogP contribution >= 0.6 is 0 Å². The second-order valence-electron chi connectivity index (χ2n) is 5.80. The molecule has 2 aliphatic rings. The normalized spacial score (nSPS) is 34.8. The molecule has 0 amide bonds. The molecular weight excluding hydrogens is 186 g/mol. The largest absolute Gasteiger partial charge is 0.394 e. The lowest BCUT2D eigenvalue weighted by molar-refractivity contribution is 0.0809. The van der Waals surface area contributed by atoms with E-state index in [9.17, 15) is 5.11 Å². The van der Waals surface area contributed by atoms with E-state index in [0.29, 0.717) is 6.61 Å². The maximum atomic E-state index is 9.35. The summed E-state index contributed by atoms with van der Waals surface area (Å²) in [6.45, 7) is 3.83. The van der Waals surface area contributed by atoms with Crippen molar-refractivity contribution in [1.29, 1.82) is 0 Å². The van der Waals surface area contributed by atoms with Gasteiger partial charge in [0.05, 0.1) is 6.61 Å². The van der Waals surface area contributed by atoms with Gasteiger partial charge in [0.15, 0.2) is 0 Å². The minimum absolute atomic E-state index is 0.114. The Hall–Kier alpha value is -0.0800. The van der Waals surface area contributed by atoms with Gasteiger partial charge in [-0.15, -0.1) is 0 Å². The van der Waals surface area contributed by atoms with E-state index in [1.165, 1.54) is 44.9 Å². The summed E-state index contributed by atoms with van der Waals surface area (Å²) in [6.07, 6.45) is 9.21. The average Bonchev–Trinajstić information content (AvgIpc) is 2.20. The van der Waals surface area contributed by atoms with Crippen LogP contribution in [-0.4, -0.2) is 23.8 Å². The zero-order chi connectivity index (χ0) is 10.7. The fourth-order valence-electron chi connectivity index (χ4n) is 2.89. The van der Waals surface area contributed by atoms with Crippen molar-refractivity contribution in [1.82, 2.24) is 5.32 Å². The predicted molar refractivity (Wildman–Crippen MR) is 62.8 cm³/mol. The van der Waals surface area contributed by atoms with E-state index in [4.69, 9.17) is 0 Å². The van der Waals surface area contributed by atoms with E-state index in [2.05, 4.69) is 12.2 Å². The maximum Gasteiger partial charge on any atom is 0.0613 e. The lowest BCUT2D eigenvalue weighted by atomic mass is 9.76. The summed E-state index contributed by atoms with van der Waals surface area (Å²) >= 11 is 0. The molecule has 0 heterocycles. The highest BCUT2D eigenvalue weighted by molar-refractivity contribution is 4.95. The van der Waals surface area contributed by atoms with Crippen LogP contribution in [0.1, 0.15) is 51.9 Å². The molecule has 0 unspecified atom stereocenters. The van der Waals surface area contributed by atoms with Gasteiger partial charge in [-0.2, -0.15) is 0 Å². The van der Waals surface area contributed by atoms with Crippen LogP contribution in [0.15, 0.2) is 0 Å². The van der Waals surface area contributed by atoms with Crippen LogP contribution in [-0.2, 0) is 0 Å². The molecule has 0 aromatic carbocycles. The van der Waals surface area contributed by atoms with E-state index in [0.717, 1.165) is 18.4 Å². The summed E-state index contributed by atoms with van der Waals surface area (Å²) < 4.78 is 0. The minimum atomic E-state index is 0.114. The highest BCUT2D eigenvalue weighted by Gasteiger charge is 2.36. The van der Waals surface area contributed by atoms with E-state index in [-0.39, 0.29) is 5.54 Å².